The number of esters is 4. The van der Waals surface area contributed by atoms with Crippen LogP contribution in [0.4, 0.5) is 0 Å². The summed E-state index contributed by atoms with van der Waals surface area (Å²) < 4.78 is 22.4. The Bertz CT molecular complexity index is 1090. The maximum Gasteiger partial charge on any atom is 0.337 e. The van der Waals surface area contributed by atoms with E-state index in [2.05, 4.69) is 6.58 Å². The summed E-state index contributed by atoms with van der Waals surface area (Å²) in [5, 5.41) is 0. The van der Waals surface area contributed by atoms with Crippen LogP contribution in [0.15, 0.2) is 47.6 Å². The van der Waals surface area contributed by atoms with Crippen molar-refractivity contribution in [2.75, 3.05) is 6.61 Å². The number of rotatable bonds is 6. The first-order valence-corrected chi connectivity index (χ1v) is 11.8. The lowest BCUT2D eigenvalue weighted by Crippen LogP contribution is -2.49. The minimum absolute atomic E-state index is 0.0254. The van der Waals surface area contributed by atoms with Crippen LogP contribution in [-0.4, -0.2) is 54.6 Å². The molecule has 0 aromatic rings. The second-order valence-electron chi connectivity index (χ2n) is 9.57. The summed E-state index contributed by atoms with van der Waals surface area (Å²) in [6.45, 7) is 13.1. The quantitative estimate of drug-likeness (QED) is 0.308. The van der Waals surface area contributed by atoms with Gasteiger partial charge in [-0.05, 0) is 39.7 Å². The van der Waals surface area contributed by atoms with Crippen molar-refractivity contribution in [3.05, 3.63) is 47.6 Å². The van der Waals surface area contributed by atoms with Crippen molar-refractivity contribution in [2.24, 2.45) is 23.2 Å². The van der Waals surface area contributed by atoms with Gasteiger partial charge >= 0.3 is 23.9 Å². The van der Waals surface area contributed by atoms with E-state index in [0.29, 0.717) is 5.57 Å². The lowest BCUT2D eigenvalue weighted by molar-refractivity contribution is -0.167. The number of ketones is 1. The Morgan fingerprint density at radius 2 is 1.78 bits per heavy atom. The van der Waals surface area contributed by atoms with Gasteiger partial charge < -0.3 is 18.9 Å². The average Bonchev–Trinajstić information content (AvgIpc) is 3.28. The zero-order valence-corrected chi connectivity index (χ0v) is 21.4. The molecule has 9 nitrogen and oxygen atoms in total. The normalized spacial score (nSPS) is 33.9. The standard InChI is InChI=1S/C27H32O9/c1-8-13(3)24(30)34-21-14(4)18-10-11-19(29)27(18,7)23(20-15(5)25(31)35-22(20)21)36-26(32)17(9-2)12-33-16(6)28/h8-11,14,18,20-23H,5,12H2,1-4,6-7H3/b13-8-,17-9-/t14-,18-,20+,21+,22-,23-,27-/m0/s1. The summed E-state index contributed by atoms with van der Waals surface area (Å²) >= 11 is 0. The van der Waals surface area contributed by atoms with Gasteiger partial charge in [-0.2, -0.15) is 0 Å². The number of hydrogen-bond donors (Lipinski definition) is 0. The Hall–Kier alpha value is -3.49. The Morgan fingerprint density at radius 1 is 1.11 bits per heavy atom. The van der Waals surface area contributed by atoms with E-state index in [4.69, 9.17) is 18.9 Å². The van der Waals surface area contributed by atoms with Crippen molar-refractivity contribution in [1.29, 1.82) is 0 Å². The highest BCUT2D eigenvalue weighted by atomic mass is 16.6. The summed E-state index contributed by atoms with van der Waals surface area (Å²) in [5.74, 6) is -4.87. The Labute approximate surface area is 210 Å². The molecule has 36 heavy (non-hydrogen) atoms. The van der Waals surface area contributed by atoms with Crippen molar-refractivity contribution in [3.63, 3.8) is 0 Å². The van der Waals surface area contributed by atoms with Gasteiger partial charge in [0, 0.05) is 24.0 Å². The van der Waals surface area contributed by atoms with E-state index in [0.717, 1.165) is 0 Å². The number of carbonyl (C=O) groups is 5. The van der Waals surface area contributed by atoms with Crippen molar-refractivity contribution in [3.8, 4) is 0 Å². The Kier molecular flexibility index (Phi) is 7.71. The summed E-state index contributed by atoms with van der Waals surface area (Å²) in [4.78, 5) is 63.2. The molecule has 9 heteroatoms. The molecule has 1 heterocycles. The van der Waals surface area contributed by atoms with Crippen LogP contribution in [0.5, 0.6) is 0 Å². The van der Waals surface area contributed by atoms with E-state index < -0.39 is 65.4 Å². The van der Waals surface area contributed by atoms with Gasteiger partial charge in [0.2, 0.25) is 0 Å². The van der Waals surface area contributed by atoms with Gasteiger partial charge in [-0.3, -0.25) is 9.59 Å². The molecule has 2 aliphatic carbocycles. The molecular formula is C27H32O9. The van der Waals surface area contributed by atoms with Crippen LogP contribution < -0.4 is 0 Å². The number of ether oxygens (including phenoxy) is 4. The maximum atomic E-state index is 13.3. The molecule has 0 unspecified atom stereocenters. The van der Waals surface area contributed by atoms with Crippen molar-refractivity contribution in [1.82, 2.24) is 0 Å². The fraction of sp³-hybridized carbons (Fsp3) is 0.519. The van der Waals surface area contributed by atoms with Crippen LogP contribution in [0.25, 0.3) is 0 Å². The lowest BCUT2D eigenvalue weighted by Gasteiger charge is -2.39. The second-order valence-corrected chi connectivity index (χ2v) is 9.57. The minimum Gasteiger partial charge on any atom is -0.461 e. The highest BCUT2D eigenvalue weighted by Gasteiger charge is 2.65. The van der Waals surface area contributed by atoms with Gasteiger partial charge in [-0.25, -0.2) is 14.4 Å². The maximum absolute atomic E-state index is 13.3. The summed E-state index contributed by atoms with van der Waals surface area (Å²) in [7, 11) is 0. The SMILES string of the molecule is C=C1C(=O)O[C@@H]2[C@H](OC(=O)/C(C)=C\C)[C@@H](C)[C@@H]3C=CC(=O)[C@@]3(C)[C@@H](OC(=O)/C(=C\C)COC(C)=O)[C@H]12. The molecule has 0 aromatic heterocycles. The third-order valence-corrected chi connectivity index (χ3v) is 7.54. The van der Waals surface area contributed by atoms with Crippen LogP contribution in [0, 0.1) is 23.2 Å². The molecule has 7 atom stereocenters. The number of hydrogen-bond acceptors (Lipinski definition) is 9. The first-order chi connectivity index (χ1) is 16.9. The predicted octanol–water partition coefficient (Wildman–Crippen LogP) is 2.79. The zero-order valence-electron chi connectivity index (χ0n) is 21.4. The van der Waals surface area contributed by atoms with Gasteiger partial charge in [0.05, 0.1) is 16.9 Å². The van der Waals surface area contributed by atoms with Gasteiger partial charge in [0.15, 0.2) is 5.78 Å². The fourth-order valence-corrected chi connectivity index (χ4v) is 5.23. The van der Waals surface area contributed by atoms with Crippen LogP contribution >= 0.6 is 0 Å². The molecule has 0 N–H and O–H groups in total. The third-order valence-electron chi connectivity index (χ3n) is 7.54. The monoisotopic (exact) mass is 500 g/mol. The molecule has 0 amide bonds. The number of carbonyl (C=O) groups excluding carboxylic acids is 5. The third kappa shape index (κ3) is 4.54. The van der Waals surface area contributed by atoms with Gasteiger partial charge in [0.25, 0.3) is 0 Å². The van der Waals surface area contributed by atoms with E-state index in [1.807, 2.05) is 6.92 Å². The highest BCUT2D eigenvalue weighted by Crippen LogP contribution is 2.55. The average molecular weight is 501 g/mol. The van der Waals surface area contributed by atoms with E-state index in [1.54, 1.807) is 39.8 Å². The minimum atomic E-state index is -1.29. The Balaban J connectivity index is 2.09. The van der Waals surface area contributed by atoms with Crippen molar-refractivity contribution < 1.29 is 42.9 Å². The second kappa shape index (κ2) is 10.2. The van der Waals surface area contributed by atoms with Crippen LogP contribution in [0.3, 0.4) is 0 Å². The van der Waals surface area contributed by atoms with Gasteiger partial charge in [-0.15, -0.1) is 0 Å². The zero-order chi connectivity index (χ0) is 26.9. The van der Waals surface area contributed by atoms with Gasteiger partial charge in [-0.1, -0.05) is 31.7 Å². The molecule has 1 saturated carbocycles. The number of fused-ring (bicyclic) bond motifs is 2. The van der Waals surface area contributed by atoms with Crippen LogP contribution in [0.2, 0.25) is 0 Å². The van der Waals surface area contributed by atoms with E-state index in [1.165, 1.54) is 19.1 Å². The molecule has 1 saturated heterocycles. The predicted molar refractivity (Wildman–Crippen MR) is 127 cm³/mol. The van der Waals surface area contributed by atoms with Crippen molar-refractivity contribution in [2.45, 2.75) is 59.9 Å². The molecule has 0 spiro atoms. The largest absolute Gasteiger partial charge is 0.461 e. The van der Waals surface area contributed by atoms with E-state index >= 15 is 0 Å². The Morgan fingerprint density at radius 3 is 2.36 bits per heavy atom. The molecule has 1 aliphatic heterocycles. The number of allylic oxidation sites excluding steroid dienone is 4. The highest BCUT2D eigenvalue weighted by molar-refractivity contribution is 6.00. The molecular weight excluding hydrogens is 468 g/mol. The van der Waals surface area contributed by atoms with Crippen molar-refractivity contribution >= 4 is 29.7 Å². The summed E-state index contributed by atoms with van der Waals surface area (Å²) in [6.07, 6.45) is 3.10. The van der Waals surface area contributed by atoms with Gasteiger partial charge in [0.1, 0.15) is 24.9 Å². The fourth-order valence-electron chi connectivity index (χ4n) is 5.23. The molecule has 3 rings (SSSR count). The molecule has 194 valence electrons. The van der Waals surface area contributed by atoms with Crippen LogP contribution in [-0.2, 0) is 42.9 Å². The summed E-state index contributed by atoms with van der Waals surface area (Å²) in [5.41, 5.74) is -0.818. The van der Waals surface area contributed by atoms with E-state index in [-0.39, 0.29) is 23.5 Å². The lowest BCUT2D eigenvalue weighted by atomic mass is 9.67. The van der Waals surface area contributed by atoms with E-state index in [9.17, 15) is 24.0 Å². The summed E-state index contributed by atoms with van der Waals surface area (Å²) in [6, 6.07) is 0. The smallest absolute Gasteiger partial charge is 0.337 e. The van der Waals surface area contributed by atoms with Crippen LogP contribution in [0.1, 0.15) is 41.5 Å². The molecule has 2 fully saturated rings. The first kappa shape index (κ1) is 27.1. The molecule has 3 aliphatic rings. The first-order valence-electron chi connectivity index (χ1n) is 11.8. The molecule has 0 aromatic carbocycles. The molecule has 0 bridgehead atoms. The molecule has 0 radical (unpaired) electrons. The topological polar surface area (TPSA) is 122 Å².